The Morgan fingerprint density at radius 2 is 1.04 bits per heavy atom. The molecule has 0 unspecified atom stereocenters. The molecule has 1 heterocycles. The van der Waals surface area contributed by atoms with Crippen molar-refractivity contribution in [3.63, 3.8) is 0 Å². The average Bonchev–Trinajstić information content (AvgIpc) is 2.45. The van der Waals surface area contributed by atoms with E-state index in [4.69, 9.17) is 11.1 Å². The molecular weight excluding hydrogens is 439 g/mol. The van der Waals surface area contributed by atoms with E-state index < -0.39 is 8.99 Å². The normalized spacial score (nSPS) is 19.8. The van der Waals surface area contributed by atoms with Crippen LogP contribution in [0.5, 0.6) is 0 Å². The molecule has 0 spiro atoms. The summed E-state index contributed by atoms with van der Waals surface area (Å²) in [6.07, 6.45) is 1.47. The van der Waals surface area contributed by atoms with E-state index >= 15 is 0 Å². The van der Waals surface area contributed by atoms with Crippen LogP contribution in [0.1, 0.15) is 90.5 Å². The summed E-state index contributed by atoms with van der Waals surface area (Å²) >= 11 is 10.2. The second-order valence-corrected chi connectivity index (χ2v) is 17.1. The van der Waals surface area contributed by atoms with Crippen LogP contribution in [0.25, 0.3) is 0 Å². The Kier molecular flexibility index (Phi) is 16.2. The fourth-order valence-corrected chi connectivity index (χ4v) is 9.10. The molecule has 1 rings (SSSR count). The molecule has 0 bridgehead atoms. The zero-order valence-corrected chi connectivity index (χ0v) is 26.2. The van der Waals surface area contributed by atoms with E-state index in [2.05, 4.69) is 113 Å². The highest BCUT2D eigenvalue weighted by molar-refractivity contribution is 6.92. The van der Waals surface area contributed by atoms with Gasteiger partial charge in [-0.1, -0.05) is 7.43 Å². The second-order valence-electron chi connectivity index (χ2n) is 11.1. The molecule has 1 aliphatic rings. The molecule has 0 aromatic heterocycles. The standard InChI is InChI=1S/C13H33N3Si2.C4H12ClNSi.CH3Cl.CH4/c1-11(2,3)14-10-15(12(4,5)6)18-16(17-14)13(7,8)9;1-4(2,3)6-7-5;1-2;/h10,17-18H2,1-9H3;6H,7H2,1-3H3;1H3;1H4. The maximum atomic E-state index is 5.51. The molecule has 4 nitrogen and oxygen atoms in total. The molecule has 1 aliphatic heterocycles. The molecule has 28 heavy (non-hydrogen) atoms. The Bertz CT molecular complexity index is 346. The summed E-state index contributed by atoms with van der Waals surface area (Å²) in [4.78, 5) is 3.19. The summed E-state index contributed by atoms with van der Waals surface area (Å²) in [5.41, 5.74) is 1.17. The van der Waals surface area contributed by atoms with Gasteiger partial charge in [0.1, 0.15) is 0 Å². The number of alkyl halides is 1. The van der Waals surface area contributed by atoms with Crippen LogP contribution >= 0.6 is 22.7 Å². The fourth-order valence-electron chi connectivity index (χ4n) is 2.23. The Morgan fingerprint density at radius 1 is 0.714 bits per heavy atom. The molecule has 9 heteroatoms. The number of halogens is 2. The fraction of sp³-hybridized carbons (Fsp3) is 1.00. The molecule has 0 amide bonds. The summed E-state index contributed by atoms with van der Waals surface area (Å²) in [5.74, 6) is 0. The lowest BCUT2D eigenvalue weighted by Crippen LogP contribution is -2.70. The van der Waals surface area contributed by atoms with Crippen molar-refractivity contribution < 1.29 is 0 Å². The first kappa shape index (κ1) is 33.7. The van der Waals surface area contributed by atoms with Crippen LogP contribution in [0.4, 0.5) is 0 Å². The van der Waals surface area contributed by atoms with E-state index in [9.17, 15) is 0 Å². The van der Waals surface area contributed by atoms with Gasteiger partial charge in [-0.3, -0.25) is 0 Å². The number of nitrogens with one attached hydrogen (secondary N) is 1. The number of rotatable bonds is 1. The first-order valence-electron chi connectivity index (χ1n) is 9.82. The lowest BCUT2D eigenvalue weighted by molar-refractivity contribution is 0.0979. The minimum atomic E-state index is -0.468. The molecule has 0 saturated carbocycles. The molecular formula is C19H52Cl2N4Si3. The van der Waals surface area contributed by atoms with Gasteiger partial charge < -0.3 is 18.3 Å². The van der Waals surface area contributed by atoms with Crippen molar-refractivity contribution in [1.82, 2.24) is 18.3 Å². The van der Waals surface area contributed by atoms with Gasteiger partial charge in [-0.2, -0.15) is 11.1 Å². The largest absolute Gasteiger partial charge is 0.326 e. The molecule has 0 aromatic carbocycles. The quantitative estimate of drug-likeness (QED) is 0.345. The third-order valence-corrected chi connectivity index (χ3v) is 12.8. The average molecular weight is 492 g/mol. The number of hydrogen-bond donors (Lipinski definition) is 1. The van der Waals surface area contributed by atoms with Crippen LogP contribution in [0.15, 0.2) is 0 Å². The topological polar surface area (TPSA) is 21.8 Å². The Labute approximate surface area is 195 Å². The molecule has 1 saturated heterocycles. The minimum absolute atomic E-state index is 0. The highest BCUT2D eigenvalue weighted by Gasteiger charge is 2.38. The SMILES string of the molecule is C.CC(C)(C)N1CN(C(C)(C)C)[SiH2]N(C(C)(C)C)[SiH2]1.CC(C)(C)N[SiH2]Cl.CCl. The lowest BCUT2D eigenvalue weighted by atomic mass is 10.1. The minimum Gasteiger partial charge on any atom is -0.326 e. The Balaban J connectivity index is -0.000000531. The molecule has 0 aliphatic carbocycles. The Hall–Kier alpha value is 1.07. The summed E-state index contributed by atoms with van der Waals surface area (Å²) in [7, 11) is -1.02. The van der Waals surface area contributed by atoms with E-state index in [1.165, 1.54) is 13.1 Å². The first-order chi connectivity index (χ1) is 11.9. The van der Waals surface area contributed by atoms with E-state index in [1.54, 1.807) is 0 Å². The van der Waals surface area contributed by atoms with Crippen LogP contribution in [0.2, 0.25) is 0 Å². The van der Waals surface area contributed by atoms with Gasteiger partial charge in [-0.25, -0.2) is 0 Å². The van der Waals surface area contributed by atoms with E-state index in [0.29, 0.717) is 16.6 Å². The van der Waals surface area contributed by atoms with Crippen molar-refractivity contribution in [2.45, 2.75) is 113 Å². The summed E-state index contributed by atoms with van der Waals surface area (Å²) in [6, 6.07) is 0. The van der Waals surface area contributed by atoms with Crippen molar-refractivity contribution in [3.8, 4) is 0 Å². The van der Waals surface area contributed by atoms with Crippen molar-refractivity contribution in [2.75, 3.05) is 13.1 Å². The third-order valence-electron chi connectivity index (χ3n) is 4.47. The molecule has 1 fully saturated rings. The zero-order valence-electron chi connectivity index (χ0n) is 20.4. The molecule has 0 aromatic rings. The van der Waals surface area contributed by atoms with E-state index in [-0.39, 0.29) is 32.7 Å². The predicted molar refractivity (Wildman–Crippen MR) is 143 cm³/mol. The summed E-state index contributed by atoms with van der Waals surface area (Å²) in [5, 5.41) is 0. The predicted octanol–water partition coefficient (Wildman–Crippen LogP) is 3.36. The van der Waals surface area contributed by atoms with E-state index in [1.807, 2.05) is 0 Å². The smallest absolute Gasteiger partial charge is 0.195 e. The van der Waals surface area contributed by atoms with Gasteiger partial charge in [0, 0.05) is 35.2 Å². The molecule has 174 valence electrons. The third kappa shape index (κ3) is 15.0. The molecule has 0 radical (unpaired) electrons. The van der Waals surface area contributed by atoms with Crippen LogP contribution in [-0.4, -0.2) is 77.2 Å². The zero-order chi connectivity index (χ0) is 22.3. The van der Waals surface area contributed by atoms with Gasteiger partial charge in [0.25, 0.3) is 0 Å². The van der Waals surface area contributed by atoms with Gasteiger partial charge in [0.2, 0.25) is 0 Å². The van der Waals surface area contributed by atoms with Crippen LogP contribution in [0.3, 0.4) is 0 Å². The lowest BCUT2D eigenvalue weighted by Gasteiger charge is -2.54. The Morgan fingerprint density at radius 3 is 1.18 bits per heavy atom. The van der Waals surface area contributed by atoms with Crippen LogP contribution < -0.4 is 4.98 Å². The van der Waals surface area contributed by atoms with Gasteiger partial charge in [-0.15, -0.1) is 11.6 Å². The summed E-state index contributed by atoms with van der Waals surface area (Å²) < 4.78 is 8.31. The van der Waals surface area contributed by atoms with Crippen molar-refractivity contribution in [1.29, 1.82) is 0 Å². The van der Waals surface area contributed by atoms with Crippen LogP contribution in [-0.2, 0) is 0 Å². The maximum absolute atomic E-state index is 5.51. The first-order valence-corrected chi connectivity index (χ1v) is 15.9. The van der Waals surface area contributed by atoms with Crippen LogP contribution in [0, 0.1) is 0 Å². The highest BCUT2D eigenvalue weighted by atomic mass is 35.6. The van der Waals surface area contributed by atoms with Crippen molar-refractivity contribution in [3.05, 3.63) is 0 Å². The van der Waals surface area contributed by atoms with Gasteiger partial charge in [0.15, 0.2) is 28.7 Å². The number of hydrogen-bond acceptors (Lipinski definition) is 4. The van der Waals surface area contributed by atoms with Gasteiger partial charge in [0.05, 0.1) is 0 Å². The second kappa shape index (κ2) is 13.5. The maximum Gasteiger partial charge on any atom is 0.195 e. The van der Waals surface area contributed by atoms with Gasteiger partial charge in [-0.05, 0) is 83.1 Å². The number of nitrogens with zero attached hydrogens (tertiary/aromatic N) is 3. The van der Waals surface area contributed by atoms with Gasteiger partial charge >= 0.3 is 0 Å². The monoisotopic (exact) mass is 490 g/mol. The molecule has 0 atom stereocenters. The van der Waals surface area contributed by atoms with Crippen molar-refractivity contribution >= 4 is 51.4 Å². The van der Waals surface area contributed by atoms with Crippen molar-refractivity contribution in [2.24, 2.45) is 0 Å². The highest BCUT2D eigenvalue weighted by Crippen LogP contribution is 2.25. The summed E-state index contributed by atoms with van der Waals surface area (Å²) in [6.45, 7) is 28.8. The molecule has 1 N–H and O–H groups in total. The van der Waals surface area contributed by atoms with E-state index in [0.717, 1.165) is 0 Å².